The molecular formula is C14H22ClN3O. The fraction of sp³-hybridized carbons (Fsp3) is 0.714. The molecular weight excluding hydrogens is 262 g/mol. The molecule has 0 aromatic carbocycles. The van der Waals surface area contributed by atoms with Gasteiger partial charge in [-0.3, -0.25) is 0 Å². The monoisotopic (exact) mass is 283 g/mol. The number of rotatable bonds is 6. The number of aliphatic hydroxyl groups is 1. The molecule has 1 saturated carbocycles. The van der Waals surface area contributed by atoms with E-state index in [2.05, 4.69) is 28.7 Å². The average molecular weight is 284 g/mol. The van der Waals surface area contributed by atoms with Crippen molar-refractivity contribution in [3.63, 3.8) is 0 Å². The highest BCUT2D eigenvalue weighted by atomic mass is 35.5. The number of nitrogens with zero attached hydrogens (tertiary/aromatic N) is 3. The van der Waals surface area contributed by atoms with E-state index in [0.29, 0.717) is 17.1 Å². The highest BCUT2D eigenvalue weighted by Crippen LogP contribution is 2.35. The first-order valence-corrected chi connectivity index (χ1v) is 7.40. The minimum absolute atomic E-state index is 0.207. The van der Waals surface area contributed by atoms with Crippen molar-refractivity contribution in [3.8, 4) is 0 Å². The molecule has 2 rings (SSSR count). The summed E-state index contributed by atoms with van der Waals surface area (Å²) in [7, 11) is 0. The standard InChI is InChI=1S/C14H22ClN3O/c1-10(2)12-13(15)16-9-17-14(12)18(7-4-8-19)11-5-3-6-11/h9-11,19H,3-8H2,1-2H3. The van der Waals surface area contributed by atoms with Crippen LogP contribution in [-0.2, 0) is 0 Å². The molecule has 0 radical (unpaired) electrons. The first-order chi connectivity index (χ1) is 9.15. The van der Waals surface area contributed by atoms with Crippen molar-refractivity contribution in [2.24, 2.45) is 0 Å². The lowest BCUT2D eigenvalue weighted by molar-refractivity contribution is 0.282. The van der Waals surface area contributed by atoms with E-state index >= 15 is 0 Å². The second-order valence-electron chi connectivity index (χ2n) is 5.41. The maximum absolute atomic E-state index is 9.08. The van der Waals surface area contributed by atoms with E-state index in [4.69, 9.17) is 16.7 Å². The van der Waals surface area contributed by atoms with Crippen molar-refractivity contribution in [2.75, 3.05) is 18.1 Å². The zero-order valence-electron chi connectivity index (χ0n) is 11.6. The molecule has 0 unspecified atom stereocenters. The van der Waals surface area contributed by atoms with Gasteiger partial charge in [0.1, 0.15) is 17.3 Å². The maximum Gasteiger partial charge on any atom is 0.138 e. The van der Waals surface area contributed by atoms with Gasteiger partial charge in [0.15, 0.2) is 0 Å². The zero-order chi connectivity index (χ0) is 13.8. The molecule has 1 fully saturated rings. The van der Waals surface area contributed by atoms with Crippen molar-refractivity contribution in [1.82, 2.24) is 9.97 Å². The Kier molecular flexibility index (Phi) is 4.99. The van der Waals surface area contributed by atoms with E-state index in [0.717, 1.165) is 24.3 Å². The Morgan fingerprint density at radius 3 is 2.68 bits per heavy atom. The van der Waals surface area contributed by atoms with Crippen molar-refractivity contribution in [1.29, 1.82) is 0 Å². The summed E-state index contributed by atoms with van der Waals surface area (Å²) in [5.74, 6) is 1.24. The summed E-state index contributed by atoms with van der Waals surface area (Å²) in [6.45, 7) is 5.26. The Labute approximate surface area is 119 Å². The molecule has 0 atom stereocenters. The number of anilines is 1. The molecule has 0 bridgehead atoms. The van der Waals surface area contributed by atoms with Gasteiger partial charge < -0.3 is 10.0 Å². The Morgan fingerprint density at radius 1 is 1.42 bits per heavy atom. The minimum Gasteiger partial charge on any atom is -0.396 e. The average Bonchev–Trinajstić information content (AvgIpc) is 2.31. The zero-order valence-corrected chi connectivity index (χ0v) is 12.4. The second-order valence-corrected chi connectivity index (χ2v) is 5.77. The topological polar surface area (TPSA) is 49.2 Å². The van der Waals surface area contributed by atoms with Crippen molar-refractivity contribution < 1.29 is 5.11 Å². The third-order valence-electron chi connectivity index (χ3n) is 3.74. The van der Waals surface area contributed by atoms with Crippen LogP contribution in [0.15, 0.2) is 6.33 Å². The number of halogens is 1. The molecule has 0 aliphatic heterocycles. The first-order valence-electron chi connectivity index (χ1n) is 7.03. The third kappa shape index (κ3) is 3.18. The molecule has 19 heavy (non-hydrogen) atoms. The van der Waals surface area contributed by atoms with E-state index < -0.39 is 0 Å². The van der Waals surface area contributed by atoms with Crippen LogP contribution in [0.3, 0.4) is 0 Å². The largest absolute Gasteiger partial charge is 0.396 e. The van der Waals surface area contributed by atoms with Gasteiger partial charge in [0.05, 0.1) is 0 Å². The highest BCUT2D eigenvalue weighted by Gasteiger charge is 2.28. The number of aromatic nitrogens is 2. The van der Waals surface area contributed by atoms with Gasteiger partial charge in [-0.25, -0.2) is 9.97 Å². The molecule has 1 heterocycles. The number of aliphatic hydroxyl groups excluding tert-OH is 1. The number of hydrogen-bond acceptors (Lipinski definition) is 4. The maximum atomic E-state index is 9.08. The predicted octanol–water partition coefficient (Wildman–Crippen LogP) is 2.99. The van der Waals surface area contributed by atoms with Crippen molar-refractivity contribution >= 4 is 17.4 Å². The molecule has 106 valence electrons. The molecule has 1 aromatic rings. The van der Waals surface area contributed by atoms with Crippen LogP contribution < -0.4 is 4.90 Å². The van der Waals surface area contributed by atoms with Gasteiger partial charge in [0, 0.05) is 24.8 Å². The molecule has 0 amide bonds. The second kappa shape index (κ2) is 6.53. The Morgan fingerprint density at radius 2 is 2.16 bits per heavy atom. The molecule has 1 aliphatic carbocycles. The van der Waals surface area contributed by atoms with Gasteiger partial charge >= 0.3 is 0 Å². The van der Waals surface area contributed by atoms with Crippen LogP contribution in [0.25, 0.3) is 0 Å². The highest BCUT2D eigenvalue weighted by molar-refractivity contribution is 6.30. The smallest absolute Gasteiger partial charge is 0.138 e. The molecule has 1 N–H and O–H groups in total. The quantitative estimate of drug-likeness (QED) is 0.816. The van der Waals surface area contributed by atoms with E-state index in [1.807, 2.05) is 0 Å². The molecule has 0 saturated heterocycles. The Bertz CT molecular complexity index is 421. The van der Waals surface area contributed by atoms with E-state index in [1.165, 1.54) is 25.6 Å². The van der Waals surface area contributed by atoms with Crippen LogP contribution in [0.5, 0.6) is 0 Å². The van der Waals surface area contributed by atoms with Crippen LogP contribution >= 0.6 is 11.6 Å². The fourth-order valence-corrected chi connectivity index (χ4v) is 2.84. The molecule has 5 heteroatoms. The summed E-state index contributed by atoms with van der Waals surface area (Å²) in [6.07, 6.45) is 5.97. The van der Waals surface area contributed by atoms with Gasteiger partial charge in [-0.15, -0.1) is 0 Å². The normalized spacial score (nSPS) is 15.6. The SMILES string of the molecule is CC(C)c1c(Cl)ncnc1N(CCCO)C1CCC1. The van der Waals surface area contributed by atoms with Crippen LogP contribution in [0.2, 0.25) is 5.15 Å². The summed E-state index contributed by atoms with van der Waals surface area (Å²) in [5, 5.41) is 9.63. The van der Waals surface area contributed by atoms with Crippen LogP contribution in [0, 0.1) is 0 Å². The lowest BCUT2D eigenvalue weighted by atomic mass is 9.90. The third-order valence-corrected chi connectivity index (χ3v) is 4.04. The van der Waals surface area contributed by atoms with Gasteiger partial charge in [-0.1, -0.05) is 25.4 Å². The van der Waals surface area contributed by atoms with Gasteiger partial charge in [0.2, 0.25) is 0 Å². The molecule has 4 nitrogen and oxygen atoms in total. The van der Waals surface area contributed by atoms with E-state index in [-0.39, 0.29) is 6.61 Å². The van der Waals surface area contributed by atoms with Gasteiger partial charge in [0.25, 0.3) is 0 Å². The van der Waals surface area contributed by atoms with Crippen LogP contribution in [0.4, 0.5) is 5.82 Å². The fourth-order valence-electron chi connectivity index (χ4n) is 2.49. The van der Waals surface area contributed by atoms with E-state index in [9.17, 15) is 0 Å². The first kappa shape index (κ1) is 14.5. The van der Waals surface area contributed by atoms with Gasteiger partial charge in [-0.2, -0.15) is 0 Å². The lowest BCUT2D eigenvalue weighted by Gasteiger charge is -2.39. The minimum atomic E-state index is 0.207. The summed E-state index contributed by atoms with van der Waals surface area (Å²) >= 11 is 6.24. The Balaban J connectivity index is 2.31. The van der Waals surface area contributed by atoms with Crippen molar-refractivity contribution in [3.05, 3.63) is 17.0 Å². The van der Waals surface area contributed by atoms with Crippen LogP contribution in [0.1, 0.15) is 51.0 Å². The summed E-state index contributed by atoms with van der Waals surface area (Å²) < 4.78 is 0. The van der Waals surface area contributed by atoms with Gasteiger partial charge in [-0.05, 0) is 31.6 Å². The predicted molar refractivity (Wildman–Crippen MR) is 77.8 cm³/mol. The Hall–Kier alpha value is -0.870. The summed E-state index contributed by atoms with van der Waals surface area (Å²) in [4.78, 5) is 10.9. The van der Waals surface area contributed by atoms with Crippen LogP contribution in [-0.4, -0.2) is 34.3 Å². The summed E-state index contributed by atoms with van der Waals surface area (Å²) in [5.41, 5.74) is 1.02. The van der Waals surface area contributed by atoms with E-state index in [1.54, 1.807) is 0 Å². The lowest BCUT2D eigenvalue weighted by Crippen LogP contribution is -2.42. The summed E-state index contributed by atoms with van der Waals surface area (Å²) in [6, 6.07) is 0.537. The molecule has 1 aliphatic rings. The van der Waals surface area contributed by atoms with Crippen molar-refractivity contribution in [2.45, 2.75) is 51.5 Å². The molecule has 1 aromatic heterocycles. The molecule has 0 spiro atoms. The number of hydrogen-bond donors (Lipinski definition) is 1.